The third kappa shape index (κ3) is 2.53. The van der Waals surface area contributed by atoms with E-state index in [2.05, 4.69) is 0 Å². The van der Waals surface area contributed by atoms with Crippen LogP contribution in [0.2, 0.25) is 5.02 Å². The van der Waals surface area contributed by atoms with E-state index in [-0.39, 0.29) is 11.9 Å². The zero-order valence-corrected chi connectivity index (χ0v) is 10.4. The highest BCUT2D eigenvalue weighted by Crippen LogP contribution is 2.21. The molecule has 5 heteroatoms. The second kappa shape index (κ2) is 4.94. The SMILES string of the molecule is CC1COCCN1C(=O)c1cc(Cl)ccc1N. The number of rotatable bonds is 1. The maximum absolute atomic E-state index is 12.3. The van der Waals surface area contributed by atoms with Gasteiger partial charge in [-0.2, -0.15) is 0 Å². The Kier molecular flexibility index (Phi) is 3.54. The Morgan fingerprint density at radius 2 is 2.35 bits per heavy atom. The number of benzene rings is 1. The van der Waals surface area contributed by atoms with Crippen molar-refractivity contribution in [1.29, 1.82) is 0 Å². The summed E-state index contributed by atoms with van der Waals surface area (Å²) in [6, 6.07) is 5.01. The lowest BCUT2D eigenvalue weighted by Gasteiger charge is -2.33. The fourth-order valence-corrected chi connectivity index (χ4v) is 2.07. The molecule has 2 rings (SSSR count). The van der Waals surface area contributed by atoms with E-state index in [4.69, 9.17) is 22.1 Å². The van der Waals surface area contributed by atoms with Crippen LogP contribution in [0.1, 0.15) is 17.3 Å². The Labute approximate surface area is 105 Å². The topological polar surface area (TPSA) is 55.6 Å². The number of hydrogen-bond acceptors (Lipinski definition) is 3. The highest BCUT2D eigenvalue weighted by Gasteiger charge is 2.25. The van der Waals surface area contributed by atoms with Gasteiger partial charge in [0.15, 0.2) is 0 Å². The molecule has 1 aromatic carbocycles. The normalized spacial score (nSPS) is 20.4. The van der Waals surface area contributed by atoms with Crippen molar-refractivity contribution in [2.45, 2.75) is 13.0 Å². The predicted molar refractivity (Wildman–Crippen MR) is 67.2 cm³/mol. The van der Waals surface area contributed by atoms with Gasteiger partial charge in [-0.15, -0.1) is 0 Å². The number of nitrogens with two attached hydrogens (primary N) is 1. The van der Waals surface area contributed by atoms with Gasteiger partial charge < -0.3 is 15.4 Å². The Morgan fingerprint density at radius 3 is 3.06 bits per heavy atom. The third-order valence-electron chi connectivity index (χ3n) is 2.87. The third-order valence-corrected chi connectivity index (χ3v) is 3.11. The molecule has 0 saturated carbocycles. The van der Waals surface area contributed by atoms with E-state index in [1.54, 1.807) is 23.1 Å². The first-order valence-electron chi connectivity index (χ1n) is 5.53. The van der Waals surface area contributed by atoms with E-state index in [1.807, 2.05) is 6.92 Å². The first-order chi connectivity index (χ1) is 8.09. The molecular formula is C12H15ClN2O2. The number of carbonyl (C=O) groups is 1. The number of nitrogens with zero attached hydrogens (tertiary/aromatic N) is 1. The summed E-state index contributed by atoms with van der Waals surface area (Å²) >= 11 is 5.89. The number of amides is 1. The molecule has 0 aromatic heterocycles. The van der Waals surface area contributed by atoms with Crippen LogP contribution in [-0.2, 0) is 4.74 Å². The maximum atomic E-state index is 12.3. The quantitative estimate of drug-likeness (QED) is 0.778. The molecule has 0 bridgehead atoms. The predicted octanol–water partition coefficient (Wildman–Crippen LogP) is 1.78. The molecule has 1 aromatic rings. The molecule has 0 aliphatic carbocycles. The molecular weight excluding hydrogens is 240 g/mol. The van der Waals surface area contributed by atoms with Gasteiger partial charge in [0.05, 0.1) is 24.8 Å². The van der Waals surface area contributed by atoms with Crippen molar-refractivity contribution < 1.29 is 9.53 Å². The van der Waals surface area contributed by atoms with Crippen LogP contribution in [0.4, 0.5) is 5.69 Å². The summed E-state index contributed by atoms with van der Waals surface area (Å²) in [4.78, 5) is 14.1. The van der Waals surface area contributed by atoms with Crippen molar-refractivity contribution in [2.24, 2.45) is 0 Å². The first-order valence-corrected chi connectivity index (χ1v) is 5.91. The molecule has 2 N–H and O–H groups in total. The van der Waals surface area contributed by atoms with Gasteiger partial charge in [-0.25, -0.2) is 0 Å². The van der Waals surface area contributed by atoms with E-state index >= 15 is 0 Å². The monoisotopic (exact) mass is 254 g/mol. The lowest BCUT2D eigenvalue weighted by molar-refractivity contribution is 0.00365. The number of anilines is 1. The number of ether oxygens (including phenoxy) is 1. The van der Waals surface area contributed by atoms with Gasteiger partial charge in [0.25, 0.3) is 5.91 Å². The molecule has 92 valence electrons. The number of hydrogen-bond donors (Lipinski definition) is 1. The Bertz CT molecular complexity index is 437. The summed E-state index contributed by atoms with van der Waals surface area (Å²) in [6.45, 7) is 3.67. The molecule has 1 aliphatic rings. The molecule has 1 saturated heterocycles. The van der Waals surface area contributed by atoms with Crippen molar-refractivity contribution >= 4 is 23.2 Å². The van der Waals surface area contributed by atoms with Crippen LogP contribution in [0.25, 0.3) is 0 Å². The zero-order valence-electron chi connectivity index (χ0n) is 9.65. The van der Waals surface area contributed by atoms with Gasteiger partial charge in [-0.1, -0.05) is 11.6 Å². The van der Waals surface area contributed by atoms with Crippen molar-refractivity contribution in [3.8, 4) is 0 Å². The summed E-state index contributed by atoms with van der Waals surface area (Å²) < 4.78 is 5.30. The number of halogens is 1. The molecule has 0 spiro atoms. The van der Waals surface area contributed by atoms with E-state index in [9.17, 15) is 4.79 Å². The summed E-state index contributed by atoms with van der Waals surface area (Å²) in [5.74, 6) is -0.0826. The average molecular weight is 255 g/mol. The van der Waals surface area contributed by atoms with Gasteiger partial charge >= 0.3 is 0 Å². The molecule has 4 nitrogen and oxygen atoms in total. The van der Waals surface area contributed by atoms with Crippen LogP contribution in [-0.4, -0.2) is 36.6 Å². The number of carbonyl (C=O) groups excluding carboxylic acids is 1. The summed E-state index contributed by atoms with van der Waals surface area (Å²) in [5.41, 5.74) is 6.73. The summed E-state index contributed by atoms with van der Waals surface area (Å²) in [6.07, 6.45) is 0. The highest BCUT2D eigenvalue weighted by molar-refractivity contribution is 6.31. The average Bonchev–Trinajstić information content (AvgIpc) is 2.32. The molecule has 1 amide bonds. The Morgan fingerprint density at radius 1 is 1.59 bits per heavy atom. The van der Waals surface area contributed by atoms with Crippen molar-refractivity contribution in [1.82, 2.24) is 4.90 Å². The lowest BCUT2D eigenvalue weighted by atomic mass is 10.1. The fraction of sp³-hybridized carbons (Fsp3) is 0.417. The number of morpholine rings is 1. The van der Waals surface area contributed by atoms with Crippen LogP contribution in [0, 0.1) is 0 Å². The molecule has 1 atom stereocenters. The fourth-order valence-electron chi connectivity index (χ4n) is 1.90. The lowest BCUT2D eigenvalue weighted by Crippen LogP contribution is -2.47. The van der Waals surface area contributed by atoms with Crippen LogP contribution < -0.4 is 5.73 Å². The van der Waals surface area contributed by atoms with Crippen LogP contribution in [0.3, 0.4) is 0 Å². The van der Waals surface area contributed by atoms with Crippen molar-refractivity contribution in [3.63, 3.8) is 0 Å². The van der Waals surface area contributed by atoms with E-state index in [0.717, 1.165) is 0 Å². The Hall–Kier alpha value is -1.26. The van der Waals surface area contributed by atoms with Gasteiger partial charge in [-0.3, -0.25) is 4.79 Å². The second-order valence-corrected chi connectivity index (χ2v) is 4.59. The molecule has 1 unspecified atom stereocenters. The van der Waals surface area contributed by atoms with Gasteiger partial charge in [-0.05, 0) is 25.1 Å². The molecule has 1 aliphatic heterocycles. The van der Waals surface area contributed by atoms with Gasteiger partial charge in [0.2, 0.25) is 0 Å². The van der Waals surface area contributed by atoms with E-state index in [0.29, 0.717) is 36.0 Å². The van der Waals surface area contributed by atoms with E-state index < -0.39 is 0 Å². The minimum Gasteiger partial charge on any atom is -0.398 e. The molecule has 1 fully saturated rings. The maximum Gasteiger partial charge on any atom is 0.256 e. The van der Waals surface area contributed by atoms with Crippen LogP contribution >= 0.6 is 11.6 Å². The minimum atomic E-state index is -0.0826. The zero-order chi connectivity index (χ0) is 12.4. The Balaban J connectivity index is 2.26. The second-order valence-electron chi connectivity index (χ2n) is 4.15. The standard InChI is InChI=1S/C12H15ClN2O2/c1-8-7-17-5-4-15(8)12(16)10-6-9(13)2-3-11(10)14/h2-3,6,8H,4-5,7,14H2,1H3. The summed E-state index contributed by atoms with van der Waals surface area (Å²) in [7, 11) is 0. The smallest absolute Gasteiger partial charge is 0.256 e. The van der Waals surface area contributed by atoms with E-state index in [1.165, 1.54) is 0 Å². The largest absolute Gasteiger partial charge is 0.398 e. The number of nitrogen functional groups attached to an aromatic ring is 1. The van der Waals surface area contributed by atoms with Gasteiger partial charge in [0.1, 0.15) is 0 Å². The molecule has 1 heterocycles. The van der Waals surface area contributed by atoms with Crippen molar-refractivity contribution in [2.75, 3.05) is 25.5 Å². The van der Waals surface area contributed by atoms with Gasteiger partial charge in [0, 0.05) is 17.3 Å². The molecule has 17 heavy (non-hydrogen) atoms. The summed E-state index contributed by atoms with van der Waals surface area (Å²) in [5, 5.41) is 0.517. The highest BCUT2D eigenvalue weighted by atomic mass is 35.5. The molecule has 0 radical (unpaired) electrons. The minimum absolute atomic E-state index is 0.0645. The van der Waals surface area contributed by atoms with Crippen LogP contribution in [0.5, 0.6) is 0 Å². The van der Waals surface area contributed by atoms with Crippen molar-refractivity contribution in [3.05, 3.63) is 28.8 Å². The van der Waals surface area contributed by atoms with Crippen LogP contribution in [0.15, 0.2) is 18.2 Å². The first kappa shape index (κ1) is 12.2.